The van der Waals surface area contributed by atoms with Crippen LogP contribution in [0.4, 0.5) is 5.69 Å². The summed E-state index contributed by atoms with van der Waals surface area (Å²) >= 11 is 0. The van der Waals surface area contributed by atoms with E-state index in [4.69, 9.17) is 4.74 Å². The van der Waals surface area contributed by atoms with Gasteiger partial charge in [-0.3, -0.25) is 10.2 Å². The van der Waals surface area contributed by atoms with Gasteiger partial charge in [-0.1, -0.05) is 61.2 Å². The van der Waals surface area contributed by atoms with Gasteiger partial charge >= 0.3 is 0 Å². The van der Waals surface area contributed by atoms with Crippen LogP contribution in [0.25, 0.3) is 5.70 Å². The second-order valence-corrected chi connectivity index (χ2v) is 8.72. The molecule has 33 heavy (non-hydrogen) atoms. The van der Waals surface area contributed by atoms with Gasteiger partial charge in [0, 0.05) is 29.3 Å². The molecule has 2 aliphatic rings. The average Bonchev–Trinajstić information content (AvgIpc) is 3.23. The molecule has 5 rings (SSSR count). The standard InChI is InChI=1S/C28H27N3O2/c1-18(2)33-23-13-12-21-14-15-31(26(21)17-23)27(32)16-20-8-10-22(11-9-20)28-25-7-5-4-6-24(25)19(3)29-30-28/h4-13,17-18,29H,3,14-16H2,1-2H3. The number of rotatable bonds is 5. The quantitative estimate of drug-likeness (QED) is 0.616. The zero-order valence-electron chi connectivity index (χ0n) is 19.0. The van der Waals surface area contributed by atoms with Gasteiger partial charge in [0.1, 0.15) is 5.75 Å². The highest BCUT2D eigenvalue weighted by Gasteiger charge is 2.25. The summed E-state index contributed by atoms with van der Waals surface area (Å²) in [5.74, 6) is 0.902. The maximum absolute atomic E-state index is 13.1. The monoisotopic (exact) mass is 437 g/mol. The van der Waals surface area contributed by atoms with E-state index in [-0.39, 0.29) is 12.0 Å². The first-order chi connectivity index (χ1) is 16.0. The Hall–Kier alpha value is -3.86. The Labute approximate surface area is 194 Å². The molecule has 0 bridgehead atoms. The molecule has 0 spiro atoms. The second-order valence-electron chi connectivity index (χ2n) is 8.72. The van der Waals surface area contributed by atoms with Crippen LogP contribution in [0.2, 0.25) is 0 Å². The summed E-state index contributed by atoms with van der Waals surface area (Å²) in [6, 6.07) is 22.2. The summed E-state index contributed by atoms with van der Waals surface area (Å²) in [5.41, 5.74) is 10.9. The Bertz CT molecular complexity index is 1260. The maximum atomic E-state index is 13.1. The van der Waals surface area contributed by atoms with Crippen LogP contribution in [-0.2, 0) is 17.6 Å². The Morgan fingerprint density at radius 3 is 2.61 bits per heavy atom. The van der Waals surface area contributed by atoms with Crippen molar-refractivity contribution in [2.75, 3.05) is 11.4 Å². The molecule has 0 aromatic heterocycles. The molecule has 3 aromatic carbocycles. The smallest absolute Gasteiger partial charge is 0.231 e. The number of hydrogen-bond acceptors (Lipinski definition) is 4. The zero-order valence-corrected chi connectivity index (χ0v) is 19.0. The lowest BCUT2D eigenvalue weighted by Crippen LogP contribution is -2.30. The predicted molar refractivity (Wildman–Crippen MR) is 133 cm³/mol. The molecule has 5 nitrogen and oxygen atoms in total. The van der Waals surface area contributed by atoms with E-state index in [1.807, 2.05) is 73.3 Å². The third kappa shape index (κ3) is 4.14. The van der Waals surface area contributed by atoms with Crippen molar-refractivity contribution in [3.8, 4) is 5.75 Å². The lowest BCUT2D eigenvalue weighted by atomic mass is 9.94. The maximum Gasteiger partial charge on any atom is 0.231 e. The summed E-state index contributed by atoms with van der Waals surface area (Å²) in [7, 11) is 0. The van der Waals surface area contributed by atoms with Crippen LogP contribution in [0.1, 0.15) is 41.7 Å². The van der Waals surface area contributed by atoms with Gasteiger partial charge in [-0.25, -0.2) is 0 Å². The molecule has 0 atom stereocenters. The molecule has 2 aliphatic heterocycles. The minimum Gasteiger partial charge on any atom is -0.491 e. The molecule has 3 aromatic rings. The molecule has 0 saturated heterocycles. The average molecular weight is 438 g/mol. The third-order valence-electron chi connectivity index (χ3n) is 6.02. The van der Waals surface area contributed by atoms with Crippen molar-refractivity contribution in [3.63, 3.8) is 0 Å². The molecule has 0 saturated carbocycles. The molecule has 0 aliphatic carbocycles. The number of nitrogens with one attached hydrogen (secondary N) is 1. The fourth-order valence-corrected chi connectivity index (χ4v) is 4.43. The van der Waals surface area contributed by atoms with E-state index in [1.54, 1.807) is 0 Å². The van der Waals surface area contributed by atoms with Crippen LogP contribution >= 0.6 is 0 Å². The fraction of sp³-hybridized carbons (Fsp3) is 0.214. The van der Waals surface area contributed by atoms with E-state index < -0.39 is 0 Å². The van der Waals surface area contributed by atoms with Crippen LogP contribution in [-0.4, -0.2) is 24.3 Å². The first-order valence-electron chi connectivity index (χ1n) is 11.3. The van der Waals surface area contributed by atoms with Crippen LogP contribution in [0.3, 0.4) is 0 Å². The van der Waals surface area contributed by atoms with Crippen LogP contribution in [0, 0.1) is 0 Å². The Morgan fingerprint density at radius 1 is 1.09 bits per heavy atom. The van der Waals surface area contributed by atoms with Gasteiger partial charge in [-0.15, -0.1) is 0 Å². The molecule has 166 valence electrons. The van der Waals surface area contributed by atoms with E-state index in [9.17, 15) is 4.79 Å². The van der Waals surface area contributed by atoms with E-state index in [2.05, 4.69) is 29.2 Å². The van der Waals surface area contributed by atoms with Gasteiger partial charge in [-0.2, -0.15) is 5.10 Å². The van der Waals surface area contributed by atoms with Crippen molar-refractivity contribution in [1.29, 1.82) is 0 Å². The molecule has 1 N–H and O–H groups in total. The lowest BCUT2D eigenvalue weighted by molar-refractivity contribution is -0.117. The SMILES string of the molecule is C=C1NN=C(c2ccc(CC(=O)N3CCc4ccc(OC(C)C)cc43)cc2)c2ccccc21. The summed E-state index contributed by atoms with van der Waals surface area (Å²) in [6.45, 7) is 8.75. The van der Waals surface area contributed by atoms with E-state index >= 15 is 0 Å². The van der Waals surface area contributed by atoms with Gasteiger partial charge in [0.25, 0.3) is 0 Å². The molecule has 1 amide bonds. The number of amides is 1. The van der Waals surface area contributed by atoms with Crippen LogP contribution in [0.5, 0.6) is 5.75 Å². The molecular weight excluding hydrogens is 410 g/mol. The van der Waals surface area contributed by atoms with E-state index in [1.165, 1.54) is 5.56 Å². The highest BCUT2D eigenvalue weighted by molar-refractivity contribution is 6.16. The predicted octanol–water partition coefficient (Wildman–Crippen LogP) is 4.93. The van der Waals surface area contributed by atoms with Crippen molar-refractivity contribution in [1.82, 2.24) is 5.43 Å². The minimum atomic E-state index is 0.0983. The number of anilines is 1. The number of benzene rings is 3. The van der Waals surface area contributed by atoms with Crippen molar-refractivity contribution in [3.05, 3.63) is 101 Å². The van der Waals surface area contributed by atoms with Gasteiger partial charge in [0.05, 0.1) is 29.6 Å². The topological polar surface area (TPSA) is 53.9 Å². The van der Waals surface area contributed by atoms with Crippen molar-refractivity contribution >= 4 is 23.0 Å². The normalized spacial score (nSPS) is 14.5. The number of nitrogens with zero attached hydrogens (tertiary/aromatic N) is 2. The van der Waals surface area contributed by atoms with Crippen molar-refractivity contribution in [2.45, 2.75) is 32.8 Å². The zero-order chi connectivity index (χ0) is 22.9. The van der Waals surface area contributed by atoms with E-state index in [0.29, 0.717) is 13.0 Å². The summed E-state index contributed by atoms with van der Waals surface area (Å²) in [6.07, 6.45) is 1.33. The molecule has 2 heterocycles. The van der Waals surface area contributed by atoms with Gasteiger partial charge in [-0.05, 0) is 37.5 Å². The van der Waals surface area contributed by atoms with Crippen LogP contribution in [0.15, 0.2) is 78.4 Å². The number of hydrazone groups is 1. The molecule has 0 fully saturated rings. The molecule has 5 heteroatoms. The van der Waals surface area contributed by atoms with Gasteiger partial charge in [0.15, 0.2) is 0 Å². The number of hydrogen-bond donors (Lipinski definition) is 1. The number of carbonyl (C=O) groups is 1. The van der Waals surface area contributed by atoms with E-state index in [0.717, 1.165) is 51.5 Å². The number of carbonyl (C=O) groups excluding carboxylic acids is 1. The molecule has 0 unspecified atom stereocenters. The highest BCUT2D eigenvalue weighted by Crippen LogP contribution is 2.33. The van der Waals surface area contributed by atoms with Crippen molar-refractivity contribution < 1.29 is 9.53 Å². The van der Waals surface area contributed by atoms with Gasteiger partial charge in [0.2, 0.25) is 5.91 Å². The summed E-state index contributed by atoms with van der Waals surface area (Å²) in [4.78, 5) is 15.0. The number of ether oxygens (including phenoxy) is 1. The first kappa shape index (κ1) is 21.0. The Balaban J connectivity index is 1.32. The fourth-order valence-electron chi connectivity index (χ4n) is 4.43. The first-order valence-corrected chi connectivity index (χ1v) is 11.3. The largest absolute Gasteiger partial charge is 0.491 e. The highest BCUT2D eigenvalue weighted by atomic mass is 16.5. The third-order valence-corrected chi connectivity index (χ3v) is 6.02. The van der Waals surface area contributed by atoms with Gasteiger partial charge < -0.3 is 9.64 Å². The lowest BCUT2D eigenvalue weighted by Gasteiger charge is -2.20. The van der Waals surface area contributed by atoms with Crippen molar-refractivity contribution in [2.24, 2.45) is 5.10 Å². The molecule has 0 radical (unpaired) electrons. The summed E-state index contributed by atoms with van der Waals surface area (Å²) in [5, 5.41) is 4.51. The number of fused-ring (bicyclic) bond motifs is 2. The molecular formula is C28H27N3O2. The summed E-state index contributed by atoms with van der Waals surface area (Å²) < 4.78 is 5.83. The van der Waals surface area contributed by atoms with Crippen LogP contribution < -0.4 is 15.1 Å². The second kappa shape index (κ2) is 8.58. The Kier molecular flexibility index (Phi) is 5.47. The Morgan fingerprint density at radius 2 is 1.85 bits per heavy atom. The minimum absolute atomic E-state index is 0.0983.